The number of hydrogen-bond donors (Lipinski definition) is 0. The molecule has 0 saturated carbocycles. The topological polar surface area (TPSA) is 29.5 Å². The van der Waals surface area contributed by atoms with Crippen molar-refractivity contribution in [2.24, 2.45) is 0 Å². The SMILES string of the molecule is COc1ccc(Br)cc1CN(C)C(=O)C(F)(F)C(F)(F)F. The molecule has 0 unspecified atom stereocenters. The highest BCUT2D eigenvalue weighted by molar-refractivity contribution is 9.10. The van der Waals surface area contributed by atoms with E-state index in [0.29, 0.717) is 14.9 Å². The van der Waals surface area contributed by atoms with Crippen molar-refractivity contribution in [3.8, 4) is 5.75 Å². The van der Waals surface area contributed by atoms with Gasteiger partial charge in [-0.3, -0.25) is 4.79 Å². The van der Waals surface area contributed by atoms with Crippen molar-refractivity contribution in [2.75, 3.05) is 14.2 Å². The third-order valence-electron chi connectivity index (χ3n) is 2.62. The first-order valence-electron chi connectivity index (χ1n) is 5.53. The maximum atomic E-state index is 13.0. The first kappa shape index (κ1) is 17.7. The van der Waals surface area contributed by atoms with E-state index in [-0.39, 0.29) is 5.75 Å². The molecule has 1 amide bonds. The fourth-order valence-electron chi connectivity index (χ4n) is 1.56. The van der Waals surface area contributed by atoms with Gasteiger partial charge in [-0.15, -0.1) is 0 Å². The molecule has 0 radical (unpaired) electrons. The molecule has 0 spiro atoms. The van der Waals surface area contributed by atoms with Gasteiger partial charge in [-0.2, -0.15) is 22.0 Å². The molecule has 0 saturated heterocycles. The van der Waals surface area contributed by atoms with Gasteiger partial charge in [-0.25, -0.2) is 0 Å². The van der Waals surface area contributed by atoms with Crippen LogP contribution in [0.1, 0.15) is 5.56 Å². The highest BCUT2D eigenvalue weighted by Gasteiger charge is 2.64. The minimum atomic E-state index is -5.93. The number of alkyl halides is 5. The van der Waals surface area contributed by atoms with Crippen molar-refractivity contribution in [3.05, 3.63) is 28.2 Å². The summed E-state index contributed by atoms with van der Waals surface area (Å²) in [7, 11) is 2.18. The Morgan fingerprint density at radius 3 is 2.33 bits per heavy atom. The van der Waals surface area contributed by atoms with Gasteiger partial charge in [0.1, 0.15) is 5.75 Å². The fourth-order valence-corrected chi connectivity index (χ4v) is 1.97. The molecular formula is C12H11BrF5NO2. The predicted octanol–water partition coefficient (Wildman–Crippen LogP) is 3.61. The lowest BCUT2D eigenvalue weighted by molar-refractivity contribution is -0.274. The summed E-state index contributed by atoms with van der Waals surface area (Å²) in [5.74, 6) is -7.48. The van der Waals surface area contributed by atoms with Crippen LogP contribution in [0.25, 0.3) is 0 Å². The van der Waals surface area contributed by atoms with Crippen LogP contribution in [0.4, 0.5) is 22.0 Å². The Hall–Kier alpha value is -1.38. The number of benzene rings is 1. The second kappa shape index (κ2) is 6.17. The van der Waals surface area contributed by atoms with Crippen LogP contribution in [0.3, 0.4) is 0 Å². The van der Waals surface area contributed by atoms with Gasteiger partial charge < -0.3 is 9.64 Å². The maximum Gasteiger partial charge on any atom is 0.463 e. The number of methoxy groups -OCH3 is 1. The molecule has 0 aromatic heterocycles. The molecule has 0 N–H and O–H groups in total. The van der Waals surface area contributed by atoms with Crippen LogP contribution in [-0.2, 0) is 11.3 Å². The molecular weight excluding hydrogens is 365 g/mol. The van der Waals surface area contributed by atoms with Crippen molar-refractivity contribution < 1.29 is 31.5 Å². The molecule has 3 nitrogen and oxygen atoms in total. The lowest BCUT2D eigenvalue weighted by Gasteiger charge is -2.25. The van der Waals surface area contributed by atoms with Crippen LogP contribution < -0.4 is 4.74 Å². The summed E-state index contributed by atoms with van der Waals surface area (Å²) in [5, 5.41) is 0. The van der Waals surface area contributed by atoms with Gasteiger partial charge in [0.05, 0.1) is 7.11 Å². The minimum Gasteiger partial charge on any atom is -0.496 e. The number of amides is 1. The minimum absolute atomic E-state index is 0.271. The fraction of sp³-hybridized carbons (Fsp3) is 0.417. The van der Waals surface area contributed by atoms with E-state index in [2.05, 4.69) is 15.9 Å². The average molecular weight is 376 g/mol. The van der Waals surface area contributed by atoms with Gasteiger partial charge in [-0.1, -0.05) is 15.9 Å². The van der Waals surface area contributed by atoms with E-state index in [1.165, 1.54) is 19.2 Å². The molecule has 0 aliphatic heterocycles. The number of carbonyl (C=O) groups is 1. The van der Waals surface area contributed by atoms with Gasteiger partial charge in [0, 0.05) is 23.6 Å². The summed E-state index contributed by atoms with van der Waals surface area (Å²) in [6, 6.07) is 4.57. The lowest BCUT2D eigenvalue weighted by atomic mass is 10.1. The number of carbonyl (C=O) groups excluding carboxylic acids is 1. The third kappa shape index (κ3) is 3.84. The first-order valence-corrected chi connectivity index (χ1v) is 6.32. The summed E-state index contributed by atoms with van der Waals surface area (Å²) < 4.78 is 68.0. The standard InChI is InChI=1S/C12H11BrF5NO2/c1-19(10(20)11(14,15)12(16,17)18)6-7-5-8(13)3-4-9(7)21-2/h3-5H,6H2,1-2H3. The number of halogens is 6. The van der Waals surface area contributed by atoms with E-state index in [9.17, 15) is 26.7 Å². The second-order valence-electron chi connectivity index (χ2n) is 4.19. The maximum absolute atomic E-state index is 13.0. The van der Waals surface area contributed by atoms with E-state index in [4.69, 9.17) is 4.74 Å². The zero-order valence-corrected chi connectivity index (χ0v) is 12.6. The van der Waals surface area contributed by atoms with Gasteiger partial charge in [0.25, 0.3) is 0 Å². The molecule has 0 aliphatic rings. The Balaban J connectivity index is 2.99. The van der Waals surface area contributed by atoms with E-state index in [1.807, 2.05) is 0 Å². The van der Waals surface area contributed by atoms with Crippen LogP contribution in [0.15, 0.2) is 22.7 Å². The zero-order chi connectivity index (χ0) is 16.4. The van der Waals surface area contributed by atoms with E-state index < -0.39 is 24.6 Å². The van der Waals surface area contributed by atoms with E-state index in [1.54, 1.807) is 6.07 Å². The second-order valence-corrected chi connectivity index (χ2v) is 5.11. The smallest absolute Gasteiger partial charge is 0.463 e. The van der Waals surface area contributed by atoms with E-state index in [0.717, 1.165) is 7.05 Å². The van der Waals surface area contributed by atoms with Gasteiger partial charge in [0.15, 0.2) is 0 Å². The highest BCUT2D eigenvalue weighted by atomic mass is 79.9. The number of hydrogen-bond acceptors (Lipinski definition) is 2. The Bertz CT molecular complexity index is 533. The summed E-state index contributed by atoms with van der Waals surface area (Å²) in [4.78, 5) is 11.6. The van der Waals surface area contributed by atoms with Crippen LogP contribution in [-0.4, -0.2) is 37.1 Å². The highest BCUT2D eigenvalue weighted by Crippen LogP contribution is 2.37. The number of rotatable bonds is 4. The van der Waals surface area contributed by atoms with Crippen molar-refractivity contribution >= 4 is 21.8 Å². The Morgan fingerprint density at radius 1 is 1.29 bits per heavy atom. The van der Waals surface area contributed by atoms with Gasteiger partial charge >= 0.3 is 18.0 Å². The summed E-state index contributed by atoms with van der Waals surface area (Å²) >= 11 is 3.14. The van der Waals surface area contributed by atoms with Gasteiger partial charge in [-0.05, 0) is 18.2 Å². The first-order chi connectivity index (χ1) is 9.50. The van der Waals surface area contributed by atoms with Crippen LogP contribution in [0.5, 0.6) is 5.75 Å². The average Bonchev–Trinajstić information content (AvgIpc) is 2.36. The molecule has 1 aromatic rings. The molecule has 9 heteroatoms. The van der Waals surface area contributed by atoms with Crippen molar-refractivity contribution in [1.29, 1.82) is 0 Å². The molecule has 118 valence electrons. The quantitative estimate of drug-likeness (QED) is 0.752. The predicted molar refractivity (Wildman–Crippen MR) is 68.2 cm³/mol. The van der Waals surface area contributed by atoms with E-state index >= 15 is 0 Å². The largest absolute Gasteiger partial charge is 0.496 e. The summed E-state index contributed by atoms with van der Waals surface area (Å²) in [6.07, 6.45) is -5.93. The molecule has 0 fully saturated rings. The normalized spacial score (nSPS) is 12.2. The van der Waals surface area contributed by atoms with Crippen LogP contribution >= 0.6 is 15.9 Å². The Kier molecular flexibility index (Phi) is 5.19. The van der Waals surface area contributed by atoms with Crippen molar-refractivity contribution in [1.82, 2.24) is 4.90 Å². The molecule has 0 bridgehead atoms. The van der Waals surface area contributed by atoms with Crippen molar-refractivity contribution in [2.45, 2.75) is 18.6 Å². The molecule has 21 heavy (non-hydrogen) atoms. The lowest BCUT2D eigenvalue weighted by Crippen LogP contribution is -2.50. The summed E-state index contributed by atoms with van der Waals surface area (Å²) in [6.45, 7) is -0.451. The molecule has 0 atom stereocenters. The van der Waals surface area contributed by atoms with Crippen LogP contribution in [0.2, 0.25) is 0 Å². The monoisotopic (exact) mass is 375 g/mol. The molecule has 1 aromatic carbocycles. The molecule has 0 aliphatic carbocycles. The number of ether oxygens (including phenoxy) is 1. The van der Waals surface area contributed by atoms with Crippen molar-refractivity contribution in [3.63, 3.8) is 0 Å². The van der Waals surface area contributed by atoms with Crippen LogP contribution in [0, 0.1) is 0 Å². The van der Waals surface area contributed by atoms with Gasteiger partial charge in [0.2, 0.25) is 0 Å². The third-order valence-corrected chi connectivity index (χ3v) is 3.11. The Morgan fingerprint density at radius 2 is 1.86 bits per heavy atom. The summed E-state index contributed by atoms with van der Waals surface area (Å²) in [5.41, 5.74) is 0.292. The molecule has 0 heterocycles. The Labute approximate surface area is 125 Å². The molecule has 1 rings (SSSR count). The zero-order valence-electron chi connectivity index (χ0n) is 11.0. The number of nitrogens with zero attached hydrogens (tertiary/aromatic N) is 1.